The number of benzene rings is 1. The van der Waals surface area contributed by atoms with Crippen molar-refractivity contribution in [3.8, 4) is 0 Å². The summed E-state index contributed by atoms with van der Waals surface area (Å²) in [5.41, 5.74) is 2.06. The molecule has 10 heavy (non-hydrogen) atoms. The first kappa shape index (κ1) is 5.47. The number of nitrogens with one attached hydrogen (secondary N) is 1. The van der Waals surface area contributed by atoms with Crippen molar-refractivity contribution in [3.63, 3.8) is 0 Å². The average Bonchev–Trinajstić information content (AvgIpc) is 2.33. The van der Waals surface area contributed by atoms with Crippen LogP contribution in [-0.2, 0) is 0 Å². The van der Waals surface area contributed by atoms with Crippen molar-refractivity contribution in [1.29, 1.82) is 0 Å². The topological polar surface area (TPSA) is 28.7 Å². The second-order valence-corrected chi connectivity index (χ2v) is 2.29. The predicted molar refractivity (Wildman–Crippen MR) is 41.7 cm³/mol. The van der Waals surface area contributed by atoms with E-state index in [0.29, 0.717) is 0 Å². The van der Waals surface area contributed by atoms with Crippen molar-refractivity contribution in [1.82, 2.24) is 10.2 Å². The number of aromatic nitrogens is 2. The second kappa shape index (κ2) is 1.84. The van der Waals surface area contributed by atoms with E-state index in [-0.39, 0.29) is 1.43 Å². The first-order valence-corrected chi connectivity index (χ1v) is 3.11. The molecule has 1 N–H and O–H groups in total. The van der Waals surface area contributed by atoms with Crippen molar-refractivity contribution in [2.24, 2.45) is 0 Å². The van der Waals surface area contributed by atoms with Crippen LogP contribution in [0.25, 0.3) is 10.9 Å². The summed E-state index contributed by atoms with van der Waals surface area (Å²) in [5.74, 6) is 0. The van der Waals surface area contributed by atoms with E-state index in [0.717, 1.165) is 16.5 Å². The normalized spacial score (nSPS) is 10.5. The maximum Gasteiger partial charge on any atom is 1.00 e. The Hall–Kier alpha value is -1.31. The Bertz CT molecular complexity index is 354. The maximum absolute atomic E-state index is 3.89. The van der Waals surface area contributed by atoms with E-state index in [1.165, 1.54) is 0 Å². The van der Waals surface area contributed by atoms with E-state index < -0.39 is 0 Å². The third kappa shape index (κ3) is 0.692. The summed E-state index contributed by atoms with van der Waals surface area (Å²) in [6.45, 7) is 3.80. The fraction of sp³-hybridized carbons (Fsp3) is 0. The largest absolute Gasteiger partial charge is 1.00 e. The standard InChI is InChI=1S/C8H7N2/c1-6-2-3-7-5-9-10-8(7)4-6/h2-5H,1H2,(H,9,10)/p+1. The third-order valence-corrected chi connectivity index (χ3v) is 1.51. The summed E-state index contributed by atoms with van der Waals surface area (Å²) in [7, 11) is 0. The van der Waals surface area contributed by atoms with Crippen molar-refractivity contribution in [2.75, 3.05) is 0 Å². The molecule has 0 unspecified atom stereocenters. The molecule has 1 aromatic heterocycles. The monoisotopic (exact) mass is 132 g/mol. The smallest absolute Gasteiger partial charge is 0.278 e. The lowest BCUT2D eigenvalue weighted by atomic mass is 10.2. The van der Waals surface area contributed by atoms with Gasteiger partial charge in [0.15, 0.2) is 0 Å². The predicted octanol–water partition coefficient (Wildman–Crippen LogP) is 1.86. The van der Waals surface area contributed by atoms with E-state index in [1.54, 1.807) is 6.20 Å². The molecule has 0 aliphatic rings. The van der Waals surface area contributed by atoms with Crippen LogP contribution in [0.2, 0.25) is 0 Å². The Morgan fingerprint density at radius 2 is 2.40 bits per heavy atom. The molecule has 0 atom stereocenters. The zero-order valence-electron chi connectivity index (χ0n) is 6.46. The van der Waals surface area contributed by atoms with Crippen molar-refractivity contribution in [3.05, 3.63) is 36.9 Å². The maximum atomic E-state index is 3.89. The van der Waals surface area contributed by atoms with Crippen LogP contribution < -0.4 is 0 Å². The zero-order valence-corrected chi connectivity index (χ0v) is 5.46. The molecule has 0 saturated carbocycles. The molecule has 0 aliphatic heterocycles. The molecule has 0 saturated heterocycles. The van der Waals surface area contributed by atoms with Gasteiger partial charge >= 0.3 is 1.43 Å². The minimum atomic E-state index is 0. The fourth-order valence-electron chi connectivity index (χ4n) is 0.984. The van der Waals surface area contributed by atoms with Gasteiger partial charge in [-0.05, 0) is 18.6 Å². The first-order chi connectivity index (χ1) is 4.86. The minimum absolute atomic E-state index is 0. The lowest BCUT2D eigenvalue weighted by Crippen LogP contribution is -1.70. The zero-order chi connectivity index (χ0) is 6.97. The molecule has 0 bridgehead atoms. The second-order valence-electron chi connectivity index (χ2n) is 2.29. The van der Waals surface area contributed by atoms with E-state index in [1.807, 2.05) is 18.2 Å². The molecule has 0 fully saturated rings. The van der Waals surface area contributed by atoms with Crippen molar-refractivity contribution < 1.29 is 1.43 Å². The molecule has 1 aromatic carbocycles. The van der Waals surface area contributed by atoms with Crippen LogP contribution in [0.1, 0.15) is 6.99 Å². The fourth-order valence-corrected chi connectivity index (χ4v) is 0.984. The molecule has 2 rings (SSSR count). The van der Waals surface area contributed by atoms with Crippen LogP contribution in [0.15, 0.2) is 24.4 Å². The lowest BCUT2D eigenvalue weighted by molar-refractivity contribution is 1.12. The van der Waals surface area contributed by atoms with Crippen molar-refractivity contribution in [2.45, 2.75) is 0 Å². The summed E-state index contributed by atoms with van der Waals surface area (Å²) in [6.07, 6.45) is 1.80. The number of rotatable bonds is 0. The molecule has 1 heterocycles. The minimum Gasteiger partial charge on any atom is -0.278 e. The van der Waals surface area contributed by atoms with Gasteiger partial charge in [-0.3, -0.25) is 5.10 Å². The van der Waals surface area contributed by atoms with Crippen LogP contribution in [0.5, 0.6) is 0 Å². The number of H-pyrrole nitrogens is 1. The summed E-state index contributed by atoms with van der Waals surface area (Å²) in [5, 5.41) is 7.89. The van der Waals surface area contributed by atoms with Gasteiger partial charge in [-0.1, -0.05) is 12.1 Å². The third-order valence-electron chi connectivity index (χ3n) is 1.51. The summed E-state index contributed by atoms with van der Waals surface area (Å²) >= 11 is 0. The van der Waals surface area contributed by atoms with Gasteiger partial charge in [-0.2, -0.15) is 5.10 Å². The molecule has 2 nitrogen and oxygen atoms in total. The molecule has 49 valence electrons. The molecular formula is C8H8N2+. The molecule has 2 aromatic rings. The quantitative estimate of drug-likeness (QED) is 0.582. The highest BCUT2D eigenvalue weighted by atomic mass is 15.1. The van der Waals surface area contributed by atoms with Gasteiger partial charge in [0.1, 0.15) is 0 Å². The van der Waals surface area contributed by atoms with Gasteiger partial charge in [0, 0.05) is 5.39 Å². The lowest BCUT2D eigenvalue weighted by Gasteiger charge is -1.89. The Kier molecular flexibility index (Phi) is 1.01. The van der Waals surface area contributed by atoms with Gasteiger partial charge in [0.2, 0.25) is 0 Å². The average molecular weight is 132 g/mol. The van der Waals surface area contributed by atoms with Crippen LogP contribution in [-0.4, -0.2) is 10.2 Å². The van der Waals surface area contributed by atoms with E-state index in [2.05, 4.69) is 17.1 Å². The molecule has 0 spiro atoms. The van der Waals surface area contributed by atoms with Crippen LogP contribution >= 0.6 is 0 Å². The van der Waals surface area contributed by atoms with Gasteiger partial charge in [-0.15, -0.1) is 0 Å². The Morgan fingerprint density at radius 3 is 3.30 bits per heavy atom. The molecule has 2 heteroatoms. The summed E-state index contributed by atoms with van der Waals surface area (Å²) in [4.78, 5) is 0. The Balaban J connectivity index is 0.000000605. The number of aromatic amines is 1. The van der Waals surface area contributed by atoms with E-state index in [4.69, 9.17) is 0 Å². The van der Waals surface area contributed by atoms with Gasteiger partial charge in [-0.25, -0.2) is 0 Å². The number of hydrogen-bond acceptors (Lipinski definition) is 1. The van der Waals surface area contributed by atoms with E-state index >= 15 is 0 Å². The highest BCUT2D eigenvalue weighted by molar-refractivity contribution is 5.78. The summed E-state index contributed by atoms with van der Waals surface area (Å²) in [6, 6.07) is 5.95. The number of nitrogens with zero attached hydrogens (tertiary/aromatic N) is 1. The Labute approximate surface area is 60.4 Å². The first-order valence-electron chi connectivity index (χ1n) is 3.11. The van der Waals surface area contributed by atoms with Crippen molar-refractivity contribution >= 4 is 10.9 Å². The highest BCUT2D eigenvalue weighted by Crippen LogP contribution is 2.10. The van der Waals surface area contributed by atoms with E-state index in [9.17, 15) is 0 Å². The van der Waals surface area contributed by atoms with Gasteiger partial charge in [0.25, 0.3) is 0 Å². The molecule has 0 aliphatic carbocycles. The molecular weight excluding hydrogens is 124 g/mol. The van der Waals surface area contributed by atoms with Gasteiger partial charge in [0.05, 0.1) is 11.7 Å². The number of hydrogen-bond donors (Lipinski definition) is 1. The molecule has 0 amide bonds. The number of fused-ring (bicyclic) bond motifs is 1. The highest BCUT2D eigenvalue weighted by Gasteiger charge is 1.92. The van der Waals surface area contributed by atoms with Crippen LogP contribution in [0.4, 0.5) is 0 Å². The Morgan fingerprint density at radius 1 is 1.50 bits per heavy atom. The van der Waals surface area contributed by atoms with Gasteiger partial charge < -0.3 is 0 Å². The molecule has 1 radical (unpaired) electrons. The summed E-state index contributed by atoms with van der Waals surface area (Å²) < 4.78 is 0. The van der Waals surface area contributed by atoms with Crippen LogP contribution in [0, 0.1) is 6.92 Å². The van der Waals surface area contributed by atoms with Crippen LogP contribution in [0.3, 0.4) is 0 Å². The SMILES string of the molecule is [CH2]c1ccc2cn[nH]c2c1.[H+].